The van der Waals surface area contributed by atoms with Crippen molar-refractivity contribution in [1.29, 1.82) is 0 Å². The molecule has 0 radical (unpaired) electrons. The van der Waals surface area contributed by atoms with Crippen molar-refractivity contribution in [1.82, 2.24) is 5.43 Å². The third kappa shape index (κ3) is 6.66. The standard InChI is InChI=1S/C25H23BrN2O5/c1-16-6-4-7-17(2)24(16)32-15-23(29)28-27-14-18-10-11-21(22(12-18)31-3)33-25(30)19-8-5-9-20(26)13-19/h4-14H,15H2,1-3H3,(H,28,29)/b27-14-. The van der Waals surface area contributed by atoms with Gasteiger partial charge in [0.2, 0.25) is 0 Å². The van der Waals surface area contributed by atoms with Crippen LogP contribution in [-0.4, -0.2) is 31.8 Å². The van der Waals surface area contributed by atoms with E-state index >= 15 is 0 Å². The van der Waals surface area contributed by atoms with Crippen LogP contribution < -0.4 is 19.6 Å². The first-order valence-corrected chi connectivity index (χ1v) is 10.8. The number of methoxy groups -OCH3 is 1. The van der Waals surface area contributed by atoms with Crippen LogP contribution in [0.4, 0.5) is 0 Å². The van der Waals surface area contributed by atoms with Gasteiger partial charge in [-0.2, -0.15) is 5.10 Å². The number of hydrazone groups is 1. The van der Waals surface area contributed by atoms with Crippen LogP contribution in [0, 0.1) is 13.8 Å². The van der Waals surface area contributed by atoms with Crippen molar-refractivity contribution in [3.05, 3.63) is 87.4 Å². The van der Waals surface area contributed by atoms with Crippen molar-refractivity contribution in [2.45, 2.75) is 13.8 Å². The molecule has 0 spiro atoms. The number of carbonyl (C=O) groups is 2. The maximum Gasteiger partial charge on any atom is 0.343 e. The van der Waals surface area contributed by atoms with Crippen molar-refractivity contribution in [3.8, 4) is 17.2 Å². The zero-order valence-corrected chi connectivity index (χ0v) is 20.0. The SMILES string of the molecule is COc1cc(/C=N\NC(=O)COc2c(C)cccc2C)ccc1OC(=O)c1cccc(Br)c1. The molecule has 33 heavy (non-hydrogen) atoms. The van der Waals surface area contributed by atoms with E-state index in [1.807, 2.05) is 38.1 Å². The molecule has 0 aliphatic carbocycles. The highest BCUT2D eigenvalue weighted by Crippen LogP contribution is 2.28. The van der Waals surface area contributed by atoms with Gasteiger partial charge < -0.3 is 14.2 Å². The Morgan fingerprint density at radius 1 is 1.00 bits per heavy atom. The maximum atomic E-state index is 12.4. The lowest BCUT2D eigenvalue weighted by molar-refractivity contribution is -0.123. The summed E-state index contributed by atoms with van der Waals surface area (Å²) in [5.41, 5.74) is 5.39. The normalized spacial score (nSPS) is 10.7. The molecule has 0 unspecified atom stereocenters. The van der Waals surface area contributed by atoms with Gasteiger partial charge in [0.1, 0.15) is 5.75 Å². The van der Waals surface area contributed by atoms with Gasteiger partial charge in [0.15, 0.2) is 18.1 Å². The molecule has 0 aliphatic rings. The van der Waals surface area contributed by atoms with Gasteiger partial charge in [-0.1, -0.05) is 40.2 Å². The van der Waals surface area contributed by atoms with Crippen LogP contribution in [0.25, 0.3) is 0 Å². The van der Waals surface area contributed by atoms with E-state index in [1.54, 1.807) is 36.4 Å². The second kappa shape index (κ2) is 11.3. The predicted molar refractivity (Wildman–Crippen MR) is 129 cm³/mol. The minimum absolute atomic E-state index is 0.156. The second-order valence-electron chi connectivity index (χ2n) is 7.11. The molecule has 0 aromatic heterocycles. The molecular weight excluding hydrogens is 488 g/mol. The first-order valence-electron chi connectivity index (χ1n) is 10.0. The van der Waals surface area contributed by atoms with Crippen molar-refractivity contribution >= 4 is 34.0 Å². The summed E-state index contributed by atoms with van der Waals surface area (Å²) in [7, 11) is 1.47. The van der Waals surface area contributed by atoms with Crippen molar-refractivity contribution in [3.63, 3.8) is 0 Å². The van der Waals surface area contributed by atoms with Gasteiger partial charge >= 0.3 is 5.97 Å². The Kier molecular flexibility index (Phi) is 8.21. The number of esters is 1. The molecule has 0 heterocycles. The lowest BCUT2D eigenvalue weighted by atomic mass is 10.1. The van der Waals surface area contributed by atoms with Crippen molar-refractivity contribution in [2.75, 3.05) is 13.7 Å². The monoisotopic (exact) mass is 510 g/mol. The highest BCUT2D eigenvalue weighted by molar-refractivity contribution is 9.10. The summed E-state index contributed by atoms with van der Waals surface area (Å²) in [5.74, 6) is 0.416. The lowest BCUT2D eigenvalue weighted by Gasteiger charge is -2.11. The average molecular weight is 511 g/mol. The minimum atomic E-state index is -0.507. The van der Waals surface area contributed by atoms with Gasteiger partial charge in [0.05, 0.1) is 18.9 Å². The van der Waals surface area contributed by atoms with Crippen LogP contribution in [0.2, 0.25) is 0 Å². The number of hydrogen-bond acceptors (Lipinski definition) is 6. The predicted octanol–water partition coefficient (Wildman–Crippen LogP) is 4.82. The second-order valence-corrected chi connectivity index (χ2v) is 8.03. The smallest absolute Gasteiger partial charge is 0.343 e. The Morgan fingerprint density at radius 3 is 2.42 bits per heavy atom. The molecule has 170 valence electrons. The van der Waals surface area contributed by atoms with Crippen LogP contribution in [-0.2, 0) is 4.79 Å². The molecule has 0 aliphatic heterocycles. The summed E-state index contributed by atoms with van der Waals surface area (Å²) in [4.78, 5) is 24.4. The zero-order valence-electron chi connectivity index (χ0n) is 18.4. The number of para-hydroxylation sites is 1. The van der Waals surface area contributed by atoms with E-state index in [9.17, 15) is 9.59 Å². The highest BCUT2D eigenvalue weighted by Gasteiger charge is 2.13. The summed E-state index contributed by atoms with van der Waals surface area (Å²) < 4.78 is 17.2. The molecule has 3 aromatic carbocycles. The molecule has 7 nitrogen and oxygen atoms in total. The fourth-order valence-electron chi connectivity index (χ4n) is 3.00. The van der Waals surface area contributed by atoms with Gasteiger partial charge in [-0.05, 0) is 66.9 Å². The number of nitrogens with zero attached hydrogens (tertiary/aromatic N) is 1. The number of hydrogen-bond donors (Lipinski definition) is 1. The summed E-state index contributed by atoms with van der Waals surface area (Å²) >= 11 is 3.33. The molecular formula is C25H23BrN2O5. The molecule has 1 amide bonds. The van der Waals surface area contributed by atoms with E-state index in [2.05, 4.69) is 26.5 Å². The van der Waals surface area contributed by atoms with Crippen molar-refractivity contribution < 1.29 is 23.8 Å². The molecule has 0 bridgehead atoms. The fraction of sp³-hybridized carbons (Fsp3) is 0.160. The summed E-state index contributed by atoms with van der Waals surface area (Å²) in [6, 6.07) is 17.6. The number of rotatable bonds is 8. The van der Waals surface area contributed by atoms with E-state index in [0.29, 0.717) is 22.6 Å². The van der Waals surface area contributed by atoms with E-state index in [0.717, 1.165) is 15.6 Å². The topological polar surface area (TPSA) is 86.2 Å². The largest absolute Gasteiger partial charge is 0.493 e. The Labute approximate surface area is 200 Å². The number of amides is 1. The number of benzene rings is 3. The Balaban J connectivity index is 1.58. The minimum Gasteiger partial charge on any atom is -0.493 e. The van der Waals surface area contributed by atoms with Crippen LogP contribution in [0.3, 0.4) is 0 Å². The van der Waals surface area contributed by atoms with Gasteiger partial charge in [0.25, 0.3) is 5.91 Å². The molecule has 0 atom stereocenters. The Bertz CT molecular complexity index is 1170. The zero-order chi connectivity index (χ0) is 23.8. The van der Waals surface area contributed by atoms with E-state index in [4.69, 9.17) is 14.2 Å². The molecule has 1 N–H and O–H groups in total. The van der Waals surface area contributed by atoms with Crippen LogP contribution in [0.15, 0.2) is 70.2 Å². The van der Waals surface area contributed by atoms with Gasteiger partial charge in [0, 0.05) is 4.47 Å². The molecule has 3 rings (SSSR count). The fourth-order valence-corrected chi connectivity index (χ4v) is 3.40. The Morgan fingerprint density at radius 2 is 1.73 bits per heavy atom. The van der Waals surface area contributed by atoms with Crippen LogP contribution in [0.1, 0.15) is 27.0 Å². The number of nitrogens with one attached hydrogen (secondary N) is 1. The molecule has 0 saturated heterocycles. The summed E-state index contributed by atoms with van der Waals surface area (Å²) in [6.45, 7) is 3.69. The molecule has 8 heteroatoms. The summed E-state index contributed by atoms with van der Waals surface area (Å²) in [6.07, 6.45) is 1.46. The average Bonchev–Trinajstić information content (AvgIpc) is 2.79. The molecule has 0 saturated carbocycles. The maximum absolute atomic E-state index is 12.4. The van der Waals surface area contributed by atoms with Crippen LogP contribution in [0.5, 0.6) is 17.2 Å². The first-order chi connectivity index (χ1) is 15.9. The van der Waals surface area contributed by atoms with Gasteiger partial charge in [-0.3, -0.25) is 4.79 Å². The van der Waals surface area contributed by atoms with E-state index in [-0.39, 0.29) is 18.3 Å². The third-order valence-electron chi connectivity index (χ3n) is 4.61. The first kappa shape index (κ1) is 24.0. The number of halogens is 1. The number of carbonyl (C=O) groups excluding carboxylic acids is 2. The lowest BCUT2D eigenvalue weighted by Crippen LogP contribution is -2.25. The molecule has 3 aromatic rings. The van der Waals surface area contributed by atoms with E-state index in [1.165, 1.54) is 13.3 Å². The number of ether oxygens (including phenoxy) is 3. The summed E-state index contributed by atoms with van der Waals surface area (Å²) in [5, 5.41) is 3.95. The van der Waals surface area contributed by atoms with Crippen molar-refractivity contribution in [2.24, 2.45) is 5.10 Å². The Hall–Kier alpha value is -3.65. The van der Waals surface area contributed by atoms with E-state index < -0.39 is 5.97 Å². The third-order valence-corrected chi connectivity index (χ3v) is 5.10. The van der Waals surface area contributed by atoms with Crippen LogP contribution >= 0.6 is 15.9 Å². The van der Waals surface area contributed by atoms with Gasteiger partial charge in [-0.25, -0.2) is 10.2 Å². The number of aryl methyl sites for hydroxylation is 2. The molecule has 0 fully saturated rings. The highest BCUT2D eigenvalue weighted by atomic mass is 79.9. The van der Waals surface area contributed by atoms with Gasteiger partial charge in [-0.15, -0.1) is 0 Å². The quantitative estimate of drug-likeness (QED) is 0.203.